The van der Waals surface area contributed by atoms with Crippen LogP contribution in [0.25, 0.3) is 0 Å². The molecule has 0 radical (unpaired) electrons. The number of hydrogen-bond donors (Lipinski definition) is 1. The molecule has 1 N–H and O–H groups in total. The fourth-order valence-electron chi connectivity index (χ4n) is 3.24. The number of hydrogen-bond acceptors (Lipinski definition) is 6. The maximum Gasteiger partial charge on any atom is 0.262 e. The second-order valence-electron chi connectivity index (χ2n) is 7.27. The van der Waals surface area contributed by atoms with Crippen LogP contribution >= 0.6 is 0 Å². The van der Waals surface area contributed by atoms with Gasteiger partial charge in [0.1, 0.15) is 17.2 Å². The summed E-state index contributed by atoms with van der Waals surface area (Å²) in [5, 5.41) is 2.70. The Kier molecular flexibility index (Phi) is 7.23. The number of sulfonamides is 1. The first-order chi connectivity index (χ1) is 16.0. The summed E-state index contributed by atoms with van der Waals surface area (Å²) in [6.07, 6.45) is 0. The van der Waals surface area contributed by atoms with E-state index in [9.17, 15) is 13.2 Å². The predicted octanol–water partition coefficient (Wildman–Crippen LogP) is 3.52. The Morgan fingerprint density at radius 3 is 2.27 bits per heavy atom. The Hall–Kier alpha value is -3.40. The molecule has 0 aromatic heterocycles. The Bertz CT molecular complexity index is 1180. The van der Waals surface area contributed by atoms with E-state index in [4.69, 9.17) is 14.2 Å². The van der Waals surface area contributed by atoms with Gasteiger partial charge in [0.15, 0.2) is 6.61 Å². The third kappa shape index (κ3) is 6.10. The third-order valence-electron chi connectivity index (χ3n) is 4.90. The highest BCUT2D eigenvalue weighted by Crippen LogP contribution is 2.25. The molecular formula is C24H24N2O6S. The van der Waals surface area contributed by atoms with E-state index in [1.54, 1.807) is 36.4 Å². The van der Waals surface area contributed by atoms with Crippen molar-refractivity contribution in [1.82, 2.24) is 4.31 Å². The zero-order valence-corrected chi connectivity index (χ0v) is 18.7. The molecule has 33 heavy (non-hydrogen) atoms. The summed E-state index contributed by atoms with van der Waals surface area (Å²) >= 11 is 0. The molecule has 0 aliphatic carbocycles. The van der Waals surface area contributed by atoms with E-state index in [1.165, 1.54) is 16.4 Å². The predicted molar refractivity (Wildman–Crippen MR) is 123 cm³/mol. The number of carbonyl (C=O) groups is 1. The van der Waals surface area contributed by atoms with Crippen LogP contribution in [0.2, 0.25) is 0 Å². The average molecular weight is 469 g/mol. The van der Waals surface area contributed by atoms with Crippen molar-refractivity contribution < 1.29 is 27.4 Å². The van der Waals surface area contributed by atoms with Gasteiger partial charge in [-0.3, -0.25) is 4.79 Å². The second-order valence-corrected chi connectivity index (χ2v) is 9.21. The molecule has 172 valence electrons. The van der Waals surface area contributed by atoms with Gasteiger partial charge < -0.3 is 19.5 Å². The zero-order chi connectivity index (χ0) is 23.1. The molecule has 1 saturated heterocycles. The van der Waals surface area contributed by atoms with E-state index >= 15 is 0 Å². The van der Waals surface area contributed by atoms with Gasteiger partial charge in [-0.1, -0.05) is 24.3 Å². The molecule has 1 amide bonds. The zero-order valence-electron chi connectivity index (χ0n) is 17.8. The number of para-hydroxylation sites is 1. The van der Waals surface area contributed by atoms with Gasteiger partial charge in [0.2, 0.25) is 10.0 Å². The van der Waals surface area contributed by atoms with Gasteiger partial charge >= 0.3 is 0 Å². The molecule has 3 aromatic rings. The molecule has 9 heteroatoms. The lowest BCUT2D eigenvalue weighted by Gasteiger charge is -2.26. The largest absolute Gasteiger partial charge is 0.484 e. The number of morpholine rings is 1. The number of anilines is 1. The summed E-state index contributed by atoms with van der Waals surface area (Å²) in [4.78, 5) is 12.5. The summed E-state index contributed by atoms with van der Waals surface area (Å²) in [7, 11) is -3.58. The minimum absolute atomic E-state index is 0.175. The average Bonchev–Trinajstić information content (AvgIpc) is 2.85. The van der Waals surface area contributed by atoms with E-state index in [-0.39, 0.29) is 17.4 Å². The van der Waals surface area contributed by atoms with E-state index in [0.29, 0.717) is 49.2 Å². The second kappa shape index (κ2) is 10.5. The molecule has 1 heterocycles. The lowest BCUT2D eigenvalue weighted by molar-refractivity contribution is -0.118. The molecular weight excluding hydrogens is 444 g/mol. The Morgan fingerprint density at radius 2 is 1.55 bits per heavy atom. The topological polar surface area (TPSA) is 94.2 Å². The number of carbonyl (C=O) groups excluding carboxylic acids is 1. The highest BCUT2D eigenvalue weighted by atomic mass is 32.2. The van der Waals surface area contributed by atoms with Gasteiger partial charge in [0, 0.05) is 24.8 Å². The molecule has 8 nitrogen and oxygen atoms in total. The number of benzene rings is 3. The van der Waals surface area contributed by atoms with E-state index in [0.717, 1.165) is 0 Å². The van der Waals surface area contributed by atoms with Crippen LogP contribution in [0.3, 0.4) is 0 Å². The fourth-order valence-corrected chi connectivity index (χ4v) is 4.65. The van der Waals surface area contributed by atoms with Crippen LogP contribution in [0.5, 0.6) is 17.2 Å². The number of nitrogens with zero attached hydrogens (tertiary/aromatic N) is 1. The van der Waals surface area contributed by atoms with Crippen LogP contribution in [-0.4, -0.2) is 51.5 Å². The summed E-state index contributed by atoms with van der Waals surface area (Å²) in [5.74, 6) is 1.42. The molecule has 4 rings (SSSR count). The lowest BCUT2D eigenvalue weighted by Crippen LogP contribution is -2.40. The van der Waals surface area contributed by atoms with Crippen LogP contribution in [0.4, 0.5) is 5.69 Å². The van der Waals surface area contributed by atoms with Gasteiger partial charge in [-0.15, -0.1) is 0 Å². The standard InChI is InChI=1S/C24H24N2O6S/c27-24(18-31-21-7-4-8-22(17-21)32-20-5-2-1-3-6-20)25-19-9-11-23(12-10-19)33(28,29)26-13-15-30-16-14-26/h1-12,17H,13-16,18H2,(H,25,27). The molecule has 1 aliphatic heterocycles. The summed E-state index contributed by atoms with van der Waals surface area (Å²) < 4.78 is 43.3. The summed E-state index contributed by atoms with van der Waals surface area (Å²) in [5.41, 5.74) is 0.477. The van der Waals surface area contributed by atoms with Crippen LogP contribution in [-0.2, 0) is 19.6 Å². The number of amides is 1. The fraction of sp³-hybridized carbons (Fsp3) is 0.208. The highest BCUT2D eigenvalue weighted by molar-refractivity contribution is 7.89. The van der Waals surface area contributed by atoms with Gasteiger partial charge in [-0.25, -0.2) is 8.42 Å². The SMILES string of the molecule is O=C(COc1cccc(Oc2ccccc2)c1)Nc1ccc(S(=O)(=O)N2CCOCC2)cc1. The van der Waals surface area contributed by atoms with Crippen molar-refractivity contribution in [2.24, 2.45) is 0 Å². The van der Waals surface area contributed by atoms with Crippen LogP contribution in [0.1, 0.15) is 0 Å². The van der Waals surface area contributed by atoms with E-state index < -0.39 is 10.0 Å². The monoisotopic (exact) mass is 468 g/mol. The van der Waals surface area contributed by atoms with Crippen molar-refractivity contribution in [3.05, 3.63) is 78.9 Å². The first-order valence-corrected chi connectivity index (χ1v) is 11.9. The number of ether oxygens (including phenoxy) is 3. The van der Waals surface area contributed by atoms with E-state index in [1.807, 2.05) is 30.3 Å². The molecule has 0 unspecified atom stereocenters. The first kappa shape index (κ1) is 22.8. The van der Waals surface area contributed by atoms with E-state index in [2.05, 4.69) is 5.32 Å². The van der Waals surface area contributed by atoms with Crippen LogP contribution in [0.15, 0.2) is 83.8 Å². The Balaban J connectivity index is 1.31. The normalized spacial score (nSPS) is 14.4. The van der Waals surface area contributed by atoms with Gasteiger partial charge in [0.25, 0.3) is 5.91 Å². The quantitative estimate of drug-likeness (QED) is 0.544. The minimum Gasteiger partial charge on any atom is -0.484 e. The molecule has 0 atom stereocenters. The number of rotatable bonds is 8. The molecule has 0 saturated carbocycles. The third-order valence-corrected chi connectivity index (χ3v) is 6.81. The van der Waals surface area contributed by atoms with Crippen molar-refractivity contribution in [2.45, 2.75) is 4.90 Å². The molecule has 1 fully saturated rings. The van der Waals surface area contributed by atoms with Crippen molar-refractivity contribution in [3.63, 3.8) is 0 Å². The molecule has 0 spiro atoms. The highest BCUT2D eigenvalue weighted by Gasteiger charge is 2.26. The van der Waals surface area contributed by atoms with Crippen molar-refractivity contribution in [3.8, 4) is 17.2 Å². The van der Waals surface area contributed by atoms with Gasteiger partial charge in [0.05, 0.1) is 18.1 Å². The number of nitrogens with one attached hydrogen (secondary N) is 1. The molecule has 0 bridgehead atoms. The molecule has 1 aliphatic rings. The van der Waals surface area contributed by atoms with Crippen molar-refractivity contribution in [1.29, 1.82) is 0 Å². The maximum absolute atomic E-state index is 12.7. The maximum atomic E-state index is 12.7. The van der Waals surface area contributed by atoms with Crippen LogP contribution < -0.4 is 14.8 Å². The van der Waals surface area contributed by atoms with Crippen LogP contribution in [0, 0.1) is 0 Å². The smallest absolute Gasteiger partial charge is 0.262 e. The van der Waals surface area contributed by atoms with Crippen molar-refractivity contribution in [2.75, 3.05) is 38.2 Å². The molecule has 3 aromatic carbocycles. The Morgan fingerprint density at radius 1 is 0.879 bits per heavy atom. The van der Waals surface area contributed by atoms with Crippen molar-refractivity contribution >= 4 is 21.6 Å². The Labute approximate surface area is 192 Å². The summed E-state index contributed by atoms with van der Waals surface area (Å²) in [6.45, 7) is 1.22. The lowest BCUT2D eigenvalue weighted by atomic mass is 10.3. The minimum atomic E-state index is -3.58. The van der Waals surface area contributed by atoms with Gasteiger partial charge in [-0.05, 0) is 48.5 Å². The van der Waals surface area contributed by atoms with Gasteiger partial charge in [-0.2, -0.15) is 4.31 Å². The first-order valence-electron chi connectivity index (χ1n) is 10.4. The summed E-state index contributed by atoms with van der Waals surface area (Å²) in [6, 6.07) is 22.4.